The largest absolute Gasteiger partial charge is 0.381 e. The summed E-state index contributed by atoms with van der Waals surface area (Å²) >= 11 is 0. The van der Waals surface area contributed by atoms with Crippen LogP contribution in [0, 0.1) is 11.8 Å². The third kappa shape index (κ3) is 3.19. The zero-order chi connectivity index (χ0) is 11.6. The molecule has 0 spiro atoms. The van der Waals surface area contributed by atoms with Gasteiger partial charge in [0.2, 0.25) is 0 Å². The molecule has 1 N–H and O–H groups in total. The number of hydrogen-bond donors (Lipinski definition) is 1. The van der Waals surface area contributed by atoms with Crippen LogP contribution >= 0.6 is 0 Å². The van der Waals surface area contributed by atoms with Gasteiger partial charge in [-0.2, -0.15) is 0 Å². The van der Waals surface area contributed by atoms with Crippen molar-refractivity contribution in [3.63, 3.8) is 0 Å². The van der Waals surface area contributed by atoms with Crippen molar-refractivity contribution < 1.29 is 9.47 Å². The predicted molar refractivity (Wildman–Crippen MR) is 64.5 cm³/mol. The maximum absolute atomic E-state index is 5.89. The van der Waals surface area contributed by atoms with Gasteiger partial charge in [-0.25, -0.2) is 0 Å². The van der Waals surface area contributed by atoms with Crippen molar-refractivity contribution in [3.8, 4) is 0 Å². The van der Waals surface area contributed by atoms with E-state index in [1.165, 1.54) is 12.8 Å². The molecule has 0 saturated carbocycles. The quantitative estimate of drug-likeness (QED) is 0.797. The second-order valence-corrected chi connectivity index (χ2v) is 6.14. The maximum atomic E-state index is 5.89. The van der Waals surface area contributed by atoms with Crippen molar-refractivity contribution in [1.29, 1.82) is 0 Å². The van der Waals surface area contributed by atoms with Crippen molar-refractivity contribution in [2.24, 2.45) is 11.8 Å². The topological polar surface area (TPSA) is 30.5 Å². The molecule has 3 unspecified atom stereocenters. The molecule has 0 aliphatic carbocycles. The molecule has 94 valence electrons. The van der Waals surface area contributed by atoms with E-state index < -0.39 is 0 Å². The lowest BCUT2D eigenvalue weighted by Gasteiger charge is -2.28. The van der Waals surface area contributed by atoms with Crippen molar-refractivity contribution >= 4 is 0 Å². The molecule has 2 aliphatic rings. The number of rotatable bonds is 3. The molecule has 3 heteroatoms. The maximum Gasteiger partial charge on any atom is 0.0667 e. The highest BCUT2D eigenvalue weighted by molar-refractivity contribution is 4.87. The summed E-state index contributed by atoms with van der Waals surface area (Å²) in [5, 5.41) is 3.60. The fourth-order valence-electron chi connectivity index (χ4n) is 2.64. The number of hydrogen-bond acceptors (Lipinski definition) is 3. The summed E-state index contributed by atoms with van der Waals surface area (Å²) in [7, 11) is 0. The Bertz CT molecular complexity index is 218. The van der Waals surface area contributed by atoms with Gasteiger partial charge in [0.25, 0.3) is 0 Å². The van der Waals surface area contributed by atoms with Crippen LogP contribution in [-0.2, 0) is 9.47 Å². The number of ether oxygens (including phenoxy) is 2. The molecule has 0 aromatic rings. The smallest absolute Gasteiger partial charge is 0.0667 e. The van der Waals surface area contributed by atoms with Gasteiger partial charge >= 0.3 is 0 Å². The Morgan fingerprint density at radius 2 is 2.00 bits per heavy atom. The minimum absolute atomic E-state index is 0.208. The van der Waals surface area contributed by atoms with Crippen LogP contribution in [0.25, 0.3) is 0 Å². The predicted octanol–water partition coefficient (Wildman–Crippen LogP) is 1.82. The summed E-state index contributed by atoms with van der Waals surface area (Å²) in [6, 6.07) is 0. The molecule has 2 saturated heterocycles. The zero-order valence-corrected chi connectivity index (χ0v) is 10.8. The molecule has 0 aromatic heterocycles. The van der Waals surface area contributed by atoms with Crippen molar-refractivity contribution in [2.75, 3.05) is 26.4 Å². The first-order valence-corrected chi connectivity index (χ1v) is 6.50. The van der Waals surface area contributed by atoms with Gasteiger partial charge in [0.1, 0.15) is 0 Å². The summed E-state index contributed by atoms with van der Waals surface area (Å²) in [5.74, 6) is 1.31. The van der Waals surface area contributed by atoms with E-state index in [-0.39, 0.29) is 5.54 Å². The van der Waals surface area contributed by atoms with Crippen molar-refractivity contribution in [3.05, 3.63) is 0 Å². The minimum atomic E-state index is 0.208. The van der Waals surface area contributed by atoms with Crippen LogP contribution in [0.2, 0.25) is 0 Å². The van der Waals surface area contributed by atoms with E-state index in [0.717, 1.165) is 26.4 Å². The first-order valence-electron chi connectivity index (χ1n) is 6.50. The third-order valence-electron chi connectivity index (χ3n) is 3.59. The Kier molecular flexibility index (Phi) is 3.88. The van der Waals surface area contributed by atoms with Gasteiger partial charge in [0.05, 0.1) is 12.7 Å². The molecule has 2 heterocycles. The zero-order valence-electron chi connectivity index (χ0n) is 10.8. The Balaban J connectivity index is 1.83. The average Bonchev–Trinajstić information content (AvgIpc) is 2.84. The first-order chi connectivity index (χ1) is 7.56. The Morgan fingerprint density at radius 3 is 2.62 bits per heavy atom. The molecule has 3 atom stereocenters. The van der Waals surface area contributed by atoms with E-state index in [9.17, 15) is 0 Å². The van der Waals surface area contributed by atoms with Gasteiger partial charge in [-0.05, 0) is 33.6 Å². The first kappa shape index (κ1) is 12.3. The monoisotopic (exact) mass is 227 g/mol. The summed E-state index contributed by atoms with van der Waals surface area (Å²) in [6.45, 7) is 10.5. The van der Waals surface area contributed by atoms with Crippen LogP contribution < -0.4 is 5.32 Å². The second kappa shape index (κ2) is 5.03. The van der Waals surface area contributed by atoms with Gasteiger partial charge in [-0.1, -0.05) is 0 Å². The highest BCUT2D eigenvalue weighted by Gasteiger charge is 2.36. The fraction of sp³-hybridized carbons (Fsp3) is 1.00. The molecule has 16 heavy (non-hydrogen) atoms. The van der Waals surface area contributed by atoms with Gasteiger partial charge in [-0.15, -0.1) is 0 Å². The summed E-state index contributed by atoms with van der Waals surface area (Å²) < 4.78 is 11.4. The lowest BCUT2D eigenvalue weighted by molar-refractivity contribution is 0.0347. The second-order valence-electron chi connectivity index (χ2n) is 6.14. The standard InChI is InChI=1S/C13H25NO2/c1-13(2,3)14-8-10-5-7-16-12(10)11-4-6-15-9-11/h10-12,14H,4-9H2,1-3H3. The molecule has 0 amide bonds. The lowest BCUT2D eigenvalue weighted by Crippen LogP contribution is -2.42. The van der Waals surface area contributed by atoms with E-state index in [2.05, 4.69) is 26.1 Å². The van der Waals surface area contributed by atoms with E-state index in [0.29, 0.717) is 17.9 Å². The van der Waals surface area contributed by atoms with E-state index >= 15 is 0 Å². The van der Waals surface area contributed by atoms with Gasteiger partial charge < -0.3 is 14.8 Å². The van der Waals surface area contributed by atoms with Crippen LogP contribution in [0.5, 0.6) is 0 Å². The highest BCUT2D eigenvalue weighted by atomic mass is 16.5. The van der Waals surface area contributed by atoms with Crippen LogP contribution in [-0.4, -0.2) is 38.0 Å². The Morgan fingerprint density at radius 1 is 1.19 bits per heavy atom. The SMILES string of the molecule is CC(C)(C)NCC1CCOC1C1CCOC1. The molecule has 0 radical (unpaired) electrons. The van der Waals surface area contributed by atoms with Gasteiger partial charge in [0, 0.05) is 37.1 Å². The third-order valence-corrected chi connectivity index (χ3v) is 3.59. The fourth-order valence-corrected chi connectivity index (χ4v) is 2.64. The normalized spacial score (nSPS) is 35.8. The molecule has 3 nitrogen and oxygen atoms in total. The summed E-state index contributed by atoms with van der Waals surface area (Å²) in [4.78, 5) is 0. The van der Waals surface area contributed by atoms with Crippen LogP contribution in [0.1, 0.15) is 33.6 Å². The Hall–Kier alpha value is -0.120. The molecule has 2 fully saturated rings. The average molecular weight is 227 g/mol. The van der Waals surface area contributed by atoms with Crippen molar-refractivity contribution in [2.45, 2.75) is 45.3 Å². The van der Waals surface area contributed by atoms with Crippen LogP contribution in [0.4, 0.5) is 0 Å². The minimum Gasteiger partial charge on any atom is -0.381 e. The molecule has 2 rings (SSSR count). The molecular weight excluding hydrogens is 202 g/mol. The van der Waals surface area contributed by atoms with Crippen LogP contribution in [0.3, 0.4) is 0 Å². The van der Waals surface area contributed by atoms with Crippen LogP contribution in [0.15, 0.2) is 0 Å². The molecule has 0 aromatic carbocycles. The molecular formula is C13H25NO2. The highest BCUT2D eigenvalue weighted by Crippen LogP contribution is 2.31. The molecule has 2 aliphatic heterocycles. The summed E-state index contributed by atoms with van der Waals surface area (Å²) in [5.41, 5.74) is 0.208. The van der Waals surface area contributed by atoms with Crippen molar-refractivity contribution in [1.82, 2.24) is 5.32 Å². The Labute approximate surface area is 98.9 Å². The van der Waals surface area contributed by atoms with Gasteiger partial charge in [-0.3, -0.25) is 0 Å². The molecule has 0 bridgehead atoms. The van der Waals surface area contributed by atoms with E-state index in [1.807, 2.05) is 0 Å². The van der Waals surface area contributed by atoms with Gasteiger partial charge in [0.15, 0.2) is 0 Å². The number of nitrogens with one attached hydrogen (secondary N) is 1. The van der Waals surface area contributed by atoms with E-state index in [4.69, 9.17) is 9.47 Å². The van der Waals surface area contributed by atoms with E-state index in [1.54, 1.807) is 0 Å². The lowest BCUT2D eigenvalue weighted by atomic mass is 9.89. The summed E-state index contributed by atoms with van der Waals surface area (Å²) in [6.07, 6.45) is 2.80.